The molecular weight excluding hydrogens is 182 g/mol. The molecular formula is C6H4ClN3O2. The van der Waals surface area contributed by atoms with Gasteiger partial charge < -0.3 is 5.32 Å². The number of carbonyl (C=O) groups excluding carboxylic acids is 2. The molecule has 0 atom stereocenters. The van der Waals surface area contributed by atoms with E-state index in [0.717, 1.165) is 0 Å². The van der Waals surface area contributed by atoms with Crippen LogP contribution in [0.15, 0.2) is 12.4 Å². The van der Waals surface area contributed by atoms with E-state index >= 15 is 0 Å². The highest BCUT2D eigenvalue weighted by molar-refractivity contribution is 6.30. The minimum absolute atomic E-state index is 0.149. The van der Waals surface area contributed by atoms with E-state index < -0.39 is 5.91 Å². The second-order valence-electron chi connectivity index (χ2n) is 1.83. The molecule has 1 heterocycles. The maximum atomic E-state index is 10.5. The zero-order chi connectivity index (χ0) is 8.97. The molecule has 0 aliphatic carbocycles. The SMILES string of the molecule is O=CC(=O)Nc1cnc(Cl)cn1. The van der Waals surface area contributed by atoms with Crippen LogP contribution in [-0.2, 0) is 9.59 Å². The van der Waals surface area contributed by atoms with Crippen molar-refractivity contribution in [3.63, 3.8) is 0 Å². The summed E-state index contributed by atoms with van der Waals surface area (Å²) in [5.41, 5.74) is 0. The first-order valence-electron chi connectivity index (χ1n) is 2.96. The summed E-state index contributed by atoms with van der Waals surface area (Å²) in [5, 5.41) is 2.40. The molecule has 5 nitrogen and oxygen atoms in total. The Morgan fingerprint density at radius 1 is 1.50 bits per heavy atom. The van der Waals surface area contributed by atoms with Crippen LogP contribution >= 0.6 is 11.6 Å². The smallest absolute Gasteiger partial charge is 0.289 e. The van der Waals surface area contributed by atoms with E-state index in [0.29, 0.717) is 0 Å². The Balaban J connectivity index is 2.71. The molecule has 0 radical (unpaired) electrons. The summed E-state index contributed by atoms with van der Waals surface area (Å²) < 4.78 is 0. The van der Waals surface area contributed by atoms with Crippen molar-refractivity contribution < 1.29 is 9.59 Å². The second-order valence-corrected chi connectivity index (χ2v) is 2.22. The van der Waals surface area contributed by atoms with Crippen LogP contribution in [0.2, 0.25) is 5.15 Å². The Labute approximate surface area is 72.8 Å². The number of halogens is 1. The van der Waals surface area contributed by atoms with Gasteiger partial charge in [0.25, 0.3) is 5.91 Å². The normalized spacial score (nSPS) is 9.08. The van der Waals surface area contributed by atoms with Gasteiger partial charge in [-0.3, -0.25) is 9.59 Å². The van der Waals surface area contributed by atoms with Gasteiger partial charge in [-0.1, -0.05) is 11.6 Å². The van der Waals surface area contributed by atoms with Crippen LogP contribution in [0.4, 0.5) is 5.82 Å². The Kier molecular flexibility index (Phi) is 2.71. The third kappa shape index (κ3) is 2.28. The molecule has 62 valence electrons. The van der Waals surface area contributed by atoms with E-state index in [2.05, 4.69) is 15.3 Å². The van der Waals surface area contributed by atoms with Gasteiger partial charge in [-0.15, -0.1) is 0 Å². The van der Waals surface area contributed by atoms with E-state index in [1.165, 1.54) is 12.4 Å². The van der Waals surface area contributed by atoms with Crippen molar-refractivity contribution in [3.8, 4) is 0 Å². The minimum atomic E-state index is -0.772. The predicted molar refractivity (Wildman–Crippen MR) is 41.7 cm³/mol. The van der Waals surface area contributed by atoms with E-state index in [9.17, 15) is 9.59 Å². The van der Waals surface area contributed by atoms with E-state index in [-0.39, 0.29) is 17.3 Å². The monoisotopic (exact) mass is 185 g/mol. The fourth-order valence-corrected chi connectivity index (χ4v) is 0.630. The minimum Gasteiger partial charge on any atom is -0.303 e. The van der Waals surface area contributed by atoms with Crippen molar-refractivity contribution in [1.29, 1.82) is 0 Å². The second kappa shape index (κ2) is 3.77. The van der Waals surface area contributed by atoms with Crippen molar-refractivity contribution in [1.82, 2.24) is 9.97 Å². The Morgan fingerprint density at radius 2 is 2.25 bits per heavy atom. The van der Waals surface area contributed by atoms with Gasteiger partial charge in [0.2, 0.25) is 6.29 Å². The number of aldehydes is 1. The molecule has 0 fully saturated rings. The number of hydrogen-bond acceptors (Lipinski definition) is 4. The number of anilines is 1. The fourth-order valence-electron chi connectivity index (χ4n) is 0.533. The van der Waals surface area contributed by atoms with Gasteiger partial charge in [0.05, 0.1) is 12.4 Å². The van der Waals surface area contributed by atoms with Gasteiger partial charge >= 0.3 is 0 Å². The first-order chi connectivity index (χ1) is 5.72. The molecule has 0 saturated heterocycles. The third-order valence-electron chi connectivity index (χ3n) is 0.979. The largest absolute Gasteiger partial charge is 0.303 e. The first-order valence-corrected chi connectivity index (χ1v) is 3.34. The molecule has 0 unspecified atom stereocenters. The van der Waals surface area contributed by atoms with Crippen molar-refractivity contribution in [2.24, 2.45) is 0 Å². The Hall–Kier alpha value is -1.49. The molecule has 0 aliphatic heterocycles. The van der Waals surface area contributed by atoms with Crippen molar-refractivity contribution in [2.45, 2.75) is 0 Å². The topological polar surface area (TPSA) is 72.0 Å². The molecule has 0 spiro atoms. The van der Waals surface area contributed by atoms with Crippen molar-refractivity contribution in [3.05, 3.63) is 17.5 Å². The molecule has 1 aromatic heterocycles. The number of nitrogens with zero attached hydrogens (tertiary/aromatic N) is 2. The summed E-state index contributed by atoms with van der Waals surface area (Å²) in [7, 11) is 0. The molecule has 0 aromatic carbocycles. The first kappa shape index (κ1) is 8.61. The third-order valence-corrected chi connectivity index (χ3v) is 1.17. The summed E-state index contributed by atoms with van der Waals surface area (Å²) in [6, 6.07) is 0. The molecule has 6 heteroatoms. The number of rotatable bonds is 2. The molecule has 1 amide bonds. The predicted octanol–water partition coefficient (Wildman–Crippen LogP) is 0.267. The van der Waals surface area contributed by atoms with Crippen LogP contribution in [0.3, 0.4) is 0 Å². The Bertz CT molecular complexity index is 298. The lowest BCUT2D eigenvalue weighted by Gasteiger charge is -1.97. The zero-order valence-corrected chi connectivity index (χ0v) is 6.58. The van der Waals surface area contributed by atoms with Gasteiger partial charge in [0.1, 0.15) is 5.15 Å². The Morgan fingerprint density at radius 3 is 2.75 bits per heavy atom. The summed E-state index contributed by atoms with van der Waals surface area (Å²) in [6.45, 7) is 0. The van der Waals surface area contributed by atoms with Gasteiger partial charge in [-0.05, 0) is 0 Å². The standard InChI is InChI=1S/C6H4ClN3O2/c7-4-1-9-5(2-8-4)10-6(12)3-11/h1-3H,(H,9,10,12). The summed E-state index contributed by atoms with van der Waals surface area (Å²) in [5.74, 6) is -0.580. The van der Waals surface area contributed by atoms with Crippen LogP contribution in [0.25, 0.3) is 0 Å². The van der Waals surface area contributed by atoms with Crippen molar-refractivity contribution in [2.75, 3.05) is 5.32 Å². The molecule has 12 heavy (non-hydrogen) atoms. The number of carbonyl (C=O) groups is 2. The average molecular weight is 186 g/mol. The summed E-state index contributed by atoms with van der Waals surface area (Å²) >= 11 is 5.43. The van der Waals surface area contributed by atoms with Crippen LogP contribution in [-0.4, -0.2) is 22.2 Å². The van der Waals surface area contributed by atoms with E-state index in [4.69, 9.17) is 11.6 Å². The van der Waals surface area contributed by atoms with Gasteiger partial charge in [0.15, 0.2) is 5.82 Å². The van der Waals surface area contributed by atoms with E-state index in [1.54, 1.807) is 0 Å². The van der Waals surface area contributed by atoms with Crippen molar-refractivity contribution >= 4 is 29.6 Å². The van der Waals surface area contributed by atoms with Crippen LogP contribution in [0, 0.1) is 0 Å². The van der Waals surface area contributed by atoms with E-state index in [1.807, 2.05) is 0 Å². The molecule has 0 bridgehead atoms. The van der Waals surface area contributed by atoms with Crippen LogP contribution < -0.4 is 5.32 Å². The fraction of sp³-hybridized carbons (Fsp3) is 0. The lowest BCUT2D eigenvalue weighted by molar-refractivity contribution is -0.127. The van der Waals surface area contributed by atoms with Crippen LogP contribution in [0.5, 0.6) is 0 Å². The average Bonchev–Trinajstić information content (AvgIpc) is 2.09. The number of aromatic nitrogens is 2. The molecule has 1 N–H and O–H groups in total. The quantitative estimate of drug-likeness (QED) is 0.530. The highest BCUT2D eigenvalue weighted by Gasteiger charge is 1.99. The van der Waals surface area contributed by atoms with Crippen LogP contribution in [0.1, 0.15) is 0 Å². The molecule has 1 aromatic rings. The summed E-state index contributed by atoms with van der Waals surface area (Å²) in [4.78, 5) is 27.7. The lowest BCUT2D eigenvalue weighted by atomic mass is 10.6. The number of amides is 1. The van der Waals surface area contributed by atoms with Gasteiger partial charge in [0, 0.05) is 0 Å². The lowest BCUT2D eigenvalue weighted by Crippen LogP contribution is -2.13. The molecule has 0 aliphatic rings. The molecule has 0 saturated carbocycles. The van der Waals surface area contributed by atoms with Gasteiger partial charge in [-0.2, -0.15) is 0 Å². The number of hydrogen-bond donors (Lipinski definition) is 1. The van der Waals surface area contributed by atoms with Gasteiger partial charge in [-0.25, -0.2) is 9.97 Å². The maximum Gasteiger partial charge on any atom is 0.289 e. The highest BCUT2D eigenvalue weighted by Crippen LogP contribution is 2.04. The molecule has 1 rings (SSSR count). The highest BCUT2D eigenvalue weighted by atomic mass is 35.5. The number of nitrogens with one attached hydrogen (secondary N) is 1. The summed E-state index contributed by atoms with van der Waals surface area (Å²) in [6.07, 6.45) is 2.67. The maximum absolute atomic E-state index is 10.5. The zero-order valence-electron chi connectivity index (χ0n) is 5.82.